The van der Waals surface area contributed by atoms with Crippen LogP contribution in [0, 0.1) is 0 Å². The molecule has 5 nitrogen and oxygen atoms in total. The molecule has 0 aliphatic rings. The summed E-state index contributed by atoms with van der Waals surface area (Å²) >= 11 is 0. The molecular weight excluding hydrogens is 184 g/mol. The van der Waals surface area contributed by atoms with Gasteiger partial charge in [0.05, 0.1) is 0 Å². The Morgan fingerprint density at radius 1 is 1.36 bits per heavy atom. The van der Waals surface area contributed by atoms with Crippen molar-refractivity contribution < 1.29 is 14.3 Å². The molecule has 14 heavy (non-hydrogen) atoms. The lowest BCUT2D eigenvalue weighted by Gasteiger charge is -2.13. The highest BCUT2D eigenvalue weighted by Gasteiger charge is 2.04. The number of carbonyl (C=O) groups excluding carboxylic acids is 1. The van der Waals surface area contributed by atoms with Gasteiger partial charge < -0.3 is 20.1 Å². The van der Waals surface area contributed by atoms with Gasteiger partial charge in [-0.1, -0.05) is 0 Å². The quantitative estimate of drug-likeness (QED) is 0.422. The van der Waals surface area contributed by atoms with Gasteiger partial charge in [0.15, 0.2) is 6.29 Å². The summed E-state index contributed by atoms with van der Waals surface area (Å²) in [7, 11) is 3.17. The average Bonchev–Trinajstić information content (AvgIpc) is 2.19. The number of rotatable bonds is 8. The molecule has 0 rings (SSSR count). The van der Waals surface area contributed by atoms with Gasteiger partial charge in [-0.15, -0.1) is 0 Å². The molecule has 0 bridgehead atoms. The summed E-state index contributed by atoms with van der Waals surface area (Å²) in [5.41, 5.74) is 0. The lowest BCUT2D eigenvalue weighted by Crippen LogP contribution is -2.33. The average molecular weight is 204 g/mol. The van der Waals surface area contributed by atoms with Gasteiger partial charge in [0, 0.05) is 40.3 Å². The third-order valence-corrected chi connectivity index (χ3v) is 1.74. The van der Waals surface area contributed by atoms with Gasteiger partial charge in [-0.2, -0.15) is 0 Å². The monoisotopic (exact) mass is 204 g/mol. The number of nitrogens with one attached hydrogen (secondary N) is 2. The largest absolute Gasteiger partial charge is 0.356 e. The number of amides is 1. The van der Waals surface area contributed by atoms with Crippen LogP contribution in [0.25, 0.3) is 0 Å². The summed E-state index contributed by atoms with van der Waals surface area (Å²) in [6.45, 7) is 3.80. The molecule has 0 unspecified atom stereocenters. The highest BCUT2D eigenvalue weighted by atomic mass is 16.7. The van der Waals surface area contributed by atoms with Crippen molar-refractivity contribution in [3.8, 4) is 0 Å². The van der Waals surface area contributed by atoms with Crippen molar-refractivity contribution in [1.82, 2.24) is 10.6 Å². The molecule has 0 atom stereocenters. The molecule has 0 aliphatic carbocycles. The molecule has 0 aromatic heterocycles. The maximum atomic E-state index is 11.0. The zero-order valence-electron chi connectivity index (χ0n) is 9.13. The molecule has 2 N–H and O–H groups in total. The Bertz CT molecular complexity index is 149. The van der Waals surface area contributed by atoms with Gasteiger partial charge in [0.2, 0.25) is 5.91 Å². The van der Waals surface area contributed by atoms with Crippen molar-refractivity contribution in [1.29, 1.82) is 0 Å². The van der Waals surface area contributed by atoms with Crippen LogP contribution in [-0.4, -0.2) is 46.1 Å². The van der Waals surface area contributed by atoms with Crippen LogP contribution in [0.15, 0.2) is 0 Å². The van der Waals surface area contributed by atoms with Crippen molar-refractivity contribution >= 4 is 5.91 Å². The summed E-state index contributed by atoms with van der Waals surface area (Å²) in [6.07, 6.45) is 0.234. The normalized spacial score (nSPS) is 10.6. The molecule has 84 valence electrons. The highest BCUT2D eigenvalue weighted by molar-refractivity contribution is 5.75. The zero-order chi connectivity index (χ0) is 10.8. The topological polar surface area (TPSA) is 59.6 Å². The molecule has 0 aliphatic heterocycles. The minimum absolute atomic E-state index is 0.0615. The van der Waals surface area contributed by atoms with E-state index in [1.807, 2.05) is 6.92 Å². The second kappa shape index (κ2) is 8.93. The van der Waals surface area contributed by atoms with E-state index in [4.69, 9.17) is 9.47 Å². The van der Waals surface area contributed by atoms with Crippen molar-refractivity contribution in [3.05, 3.63) is 0 Å². The number of methoxy groups -OCH3 is 2. The molecular formula is C9H20N2O3. The highest BCUT2D eigenvalue weighted by Crippen LogP contribution is 1.87. The Morgan fingerprint density at radius 3 is 2.50 bits per heavy atom. The molecule has 0 aromatic rings. The molecule has 0 saturated carbocycles. The van der Waals surface area contributed by atoms with Crippen LogP contribution in [0.5, 0.6) is 0 Å². The fourth-order valence-corrected chi connectivity index (χ4v) is 0.970. The van der Waals surface area contributed by atoms with Gasteiger partial charge in [-0.3, -0.25) is 4.79 Å². The van der Waals surface area contributed by atoms with E-state index in [0.717, 1.165) is 0 Å². The van der Waals surface area contributed by atoms with Gasteiger partial charge in [-0.05, 0) is 6.92 Å². The second-order valence-corrected chi connectivity index (χ2v) is 2.81. The van der Waals surface area contributed by atoms with Gasteiger partial charge >= 0.3 is 0 Å². The van der Waals surface area contributed by atoms with Gasteiger partial charge in [0.1, 0.15) is 0 Å². The maximum Gasteiger partial charge on any atom is 0.221 e. The van der Waals surface area contributed by atoms with Crippen LogP contribution >= 0.6 is 0 Å². The third-order valence-electron chi connectivity index (χ3n) is 1.74. The molecule has 0 aromatic carbocycles. The Labute approximate surface area is 85.1 Å². The SMILES string of the molecule is CCNC(=O)CCNCC(OC)OC. The van der Waals surface area contributed by atoms with E-state index >= 15 is 0 Å². The first-order chi connectivity index (χ1) is 6.74. The number of carbonyl (C=O) groups is 1. The van der Waals surface area contributed by atoms with E-state index in [-0.39, 0.29) is 12.2 Å². The molecule has 0 radical (unpaired) electrons. The van der Waals surface area contributed by atoms with Crippen molar-refractivity contribution in [3.63, 3.8) is 0 Å². The summed E-state index contributed by atoms with van der Waals surface area (Å²) < 4.78 is 9.94. The Kier molecular flexibility index (Phi) is 8.51. The minimum Gasteiger partial charge on any atom is -0.356 e. The molecule has 0 heterocycles. The first-order valence-corrected chi connectivity index (χ1v) is 4.77. The zero-order valence-corrected chi connectivity index (χ0v) is 9.13. The van der Waals surface area contributed by atoms with Crippen molar-refractivity contribution in [2.24, 2.45) is 0 Å². The predicted octanol–water partition coefficient (Wildman–Crippen LogP) is -0.279. The Balaban J connectivity index is 3.32. The van der Waals surface area contributed by atoms with Crippen LogP contribution in [0.1, 0.15) is 13.3 Å². The van der Waals surface area contributed by atoms with Crippen LogP contribution in [0.2, 0.25) is 0 Å². The van der Waals surface area contributed by atoms with E-state index in [0.29, 0.717) is 26.1 Å². The van der Waals surface area contributed by atoms with Crippen LogP contribution < -0.4 is 10.6 Å². The summed E-state index contributed by atoms with van der Waals surface area (Å²) in [5.74, 6) is 0.0615. The van der Waals surface area contributed by atoms with Gasteiger partial charge in [0.25, 0.3) is 0 Å². The van der Waals surface area contributed by atoms with Crippen LogP contribution in [-0.2, 0) is 14.3 Å². The second-order valence-electron chi connectivity index (χ2n) is 2.81. The number of hydrogen-bond acceptors (Lipinski definition) is 4. The molecule has 0 fully saturated rings. The Hall–Kier alpha value is -0.650. The van der Waals surface area contributed by atoms with E-state index in [1.54, 1.807) is 14.2 Å². The van der Waals surface area contributed by atoms with Crippen molar-refractivity contribution in [2.45, 2.75) is 19.6 Å². The summed E-state index contributed by atoms with van der Waals surface area (Å²) in [6, 6.07) is 0. The first kappa shape index (κ1) is 13.4. The Morgan fingerprint density at radius 2 is 2.00 bits per heavy atom. The number of hydrogen-bond donors (Lipinski definition) is 2. The third kappa shape index (κ3) is 6.82. The summed E-state index contributed by atoms with van der Waals surface area (Å²) in [4.78, 5) is 11.0. The van der Waals surface area contributed by atoms with E-state index in [2.05, 4.69) is 10.6 Å². The van der Waals surface area contributed by atoms with Crippen molar-refractivity contribution in [2.75, 3.05) is 33.9 Å². The van der Waals surface area contributed by atoms with E-state index in [9.17, 15) is 4.79 Å². The minimum atomic E-state index is -0.246. The lowest BCUT2D eigenvalue weighted by molar-refractivity contribution is -0.121. The molecule has 1 amide bonds. The predicted molar refractivity (Wildman–Crippen MR) is 54.0 cm³/mol. The van der Waals surface area contributed by atoms with Crippen LogP contribution in [0.4, 0.5) is 0 Å². The molecule has 0 saturated heterocycles. The van der Waals surface area contributed by atoms with Crippen LogP contribution in [0.3, 0.4) is 0 Å². The fraction of sp³-hybridized carbons (Fsp3) is 0.889. The number of ether oxygens (including phenoxy) is 2. The first-order valence-electron chi connectivity index (χ1n) is 4.77. The fourth-order valence-electron chi connectivity index (χ4n) is 0.970. The standard InChI is InChI=1S/C9H20N2O3/c1-4-11-8(12)5-6-10-7-9(13-2)14-3/h9-10H,4-7H2,1-3H3,(H,11,12). The van der Waals surface area contributed by atoms with E-state index in [1.165, 1.54) is 0 Å². The lowest BCUT2D eigenvalue weighted by atomic mass is 10.4. The summed E-state index contributed by atoms with van der Waals surface area (Å²) in [5, 5.41) is 5.79. The van der Waals surface area contributed by atoms with Gasteiger partial charge in [-0.25, -0.2) is 0 Å². The maximum absolute atomic E-state index is 11.0. The molecule has 5 heteroatoms. The molecule has 0 spiro atoms. The van der Waals surface area contributed by atoms with E-state index < -0.39 is 0 Å². The smallest absolute Gasteiger partial charge is 0.221 e.